The molecule has 46 heavy (non-hydrogen) atoms. The van der Waals surface area contributed by atoms with E-state index in [1.807, 2.05) is 0 Å². The Kier molecular flexibility index (Phi) is 5.92. The predicted octanol–water partition coefficient (Wildman–Crippen LogP) is 12.6. The van der Waals surface area contributed by atoms with Gasteiger partial charge in [0.15, 0.2) is 0 Å². The minimum absolute atomic E-state index is 0.0103. The third kappa shape index (κ3) is 4.09. The van der Waals surface area contributed by atoms with Crippen LogP contribution >= 0.6 is 0 Å². The second kappa shape index (κ2) is 10.2. The van der Waals surface area contributed by atoms with Gasteiger partial charge in [0.1, 0.15) is 0 Å². The fourth-order valence-corrected chi connectivity index (χ4v) is 7.68. The van der Waals surface area contributed by atoms with Crippen LogP contribution < -0.4 is 4.90 Å². The number of nitrogens with zero attached hydrogens (tertiary/aromatic N) is 1. The highest BCUT2D eigenvalue weighted by Gasteiger charge is 2.35. The maximum atomic E-state index is 2.38. The van der Waals surface area contributed by atoms with E-state index < -0.39 is 0 Å². The van der Waals surface area contributed by atoms with Crippen molar-refractivity contribution in [3.8, 4) is 22.3 Å². The molecule has 0 heterocycles. The second-order valence-corrected chi connectivity index (χ2v) is 13.0. The average molecular weight is 588 g/mol. The van der Waals surface area contributed by atoms with E-state index in [0.29, 0.717) is 0 Å². The summed E-state index contributed by atoms with van der Waals surface area (Å²) in [5, 5.41) is 7.75. The van der Waals surface area contributed by atoms with Gasteiger partial charge in [-0.25, -0.2) is 0 Å². The van der Waals surface area contributed by atoms with Gasteiger partial charge in [-0.3, -0.25) is 0 Å². The van der Waals surface area contributed by atoms with Crippen LogP contribution in [0.15, 0.2) is 164 Å². The average Bonchev–Trinajstić information content (AvgIpc) is 3.34. The van der Waals surface area contributed by atoms with Gasteiger partial charge >= 0.3 is 0 Å². The highest BCUT2D eigenvalue weighted by atomic mass is 15.1. The van der Waals surface area contributed by atoms with Crippen molar-refractivity contribution in [1.82, 2.24) is 0 Å². The van der Waals surface area contributed by atoms with Gasteiger partial charge < -0.3 is 4.90 Å². The number of hydrogen-bond donors (Lipinski definition) is 0. The molecular weight excluding hydrogens is 555 g/mol. The molecule has 8 aromatic carbocycles. The molecule has 0 amide bonds. The zero-order valence-electron chi connectivity index (χ0n) is 26.0. The standard InChI is InChI=1S/C45H33N/c1-45(2)43-15-9-8-14-41(43)42-29-36(23-27-44(42)45)46(34-11-4-3-5-12-34)35-21-16-30(17-22-35)32-19-24-38-33(28-32)20-26-39-37-13-7-6-10-31(37)18-25-40(38)39/h3-29H,1-2H3. The third-order valence-corrected chi connectivity index (χ3v) is 10.0. The largest absolute Gasteiger partial charge is 0.310 e. The number of anilines is 3. The number of para-hydroxylation sites is 1. The Morgan fingerprint density at radius 2 is 0.957 bits per heavy atom. The maximum absolute atomic E-state index is 2.38. The smallest absolute Gasteiger partial charge is 0.0468 e. The molecule has 1 aliphatic carbocycles. The van der Waals surface area contributed by atoms with E-state index >= 15 is 0 Å². The summed E-state index contributed by atoms with van der Waals surface area (Å²) in [5.74, 6) is 0. The molecule has 1 heteroatoms. The number of benzene rings is 8. The number of rotatable bonds is 4. The molecule has 1 nitrogen and oxygen atoms in total. The van der Waals surface area contributed by atoms with Crippen LogP contribution in [0, 0.1) is 0 Å². The quantitative estimate of drug-likeness (QED) is 0.185. The first kappa shape index (κ1) is 26.7. The summed E-state index contributed by atoms with van der Waals surface area (Å²) in [6, 6.07) is 60.1. The summed E-state index contributed by atoms with van der Waals surface area (Å²) >= 11 is 0. The van der Waals surface area contributed by atoms with Crippen molar-refractivity contribution in [3.05, 3.63) is 175 Å². The van der Waals surface area contributed by atoms with Crippen LogP contribution in [0.25, 0.3) is 54.6 Å². The van der Waals surface area contributed by atoms with Crippen LogP contribution in [-0.2, 0) is 5.41 Å². The van der Waals surface area contributed by atoms with Crippen LogP contribution in [0.3, 0.4) is 0 Å². The molecule has 8 aromatic rings. The summed E-state index contributed by atoms with van der Waals surface area (Å²) in [6.07, 6.45) is 0. The second-order valence-electron chi connectivity index (χ2n) is 13.0. The molecule has 1 aliphatic rings. The highest BCUT2D eigenvalue weighted by Crippen LogP contribution is 2.50. The van der Waals surface area contributed by atoms with Crippen LogP contribution in [0.2, 0.25) is 0 Å². The lowest BCUT2D eigenvalue weighted by atomic mass is 9.82. The highest BCUT2D eigenvalue weighted by molar-refractivity contribution is 6.17. The Hall–Kier alpha value is -5.66. The van der Waals surface area contributed by atoms with Crippen LogP contribution in [0.1, 0.15) is 25.0 Å². The Morgan fingerprint density at radius 3 is 1.78 bits per heavy atom. The molecule has 0 atom stereocenters. The molecule has 0 unspecified atom stereocenters. The van der Waals surface area contributed by atoms with E-state index in [9.17, 15) is 0 Å². The zero-order valence-corrected chi connectivity index (χ0v) is 26.0. The molecule has 0 N–H and O–H groups in total. The summed E-state index contributed by atoms with van der Waals surface area (Å²) in [7, 11) is 0. The van der Waals surface area contributed by atoms with Gasteiger partial charge in [0.05, 0.1) is 0 Å². The molecule has 0 saturated heterocycles. The molecule has 9 rings (SSSR count). The zero-order chi connectivity index (χ0) is 30.8. The summed E-state index contributed by atoms with van der Waals surface area (Å²) in [5.41, 5.74) is 11.3. The van der Waals surface area contributed by atoms with E-state index in [2.05, 4.69) is 183 Å². The molecule has 0 saturated carbocycles. The third-order valence-electron chi connectivity index (χ3n) is 10.0. The van der Waals surface area contributed by atoms with Gasteiger partial charge in [-0.2, -0.15) is 0 Å². The first-order valence-corrected chi connectivity index (χ1v) is 16.1. The van der Waals surface area contributed by atoms with Gasteiger partial charge in [0, 0.05) is 22.5 Å². The lowest BCUT2D eigenvalue weighted by molar-refractivity contribution is 0.660. The summed E-state index contributed by atoms with van der Waals surface area (Å²) in [4.78, 5) is 2.37. The van der Waals surface area contributed by atoms with Crippen molar-refractivity contribution in [2.45, 2.75) is 19.3 Å². The summed E-state index contributed by atoms with van der Waals surface area (Å²) in [6.45, 7) is 4.67. The van der Waals surface area contributed by atoms with Crippen molar-refractivity contribution in [3.63, 3.8) is 0 Å². The Morgan fingerprint density at radius 1 is 0.370 bits per heavy atom. The minimum atomic E-state index is -0.0103. The molecule has 0 spiro atoms. The molecule has 0 radical (unpaired) electrons. The fourth-order valence-electron chi connectivity index (χ4n) is 7.68. The van der Waals surface area contributed by atoms with Crippen LogP contribution in [0.4, 0.5) is 17.1 Å². The van der Waals surface area contributed by atoms with Crippen LogP contribution in [-0.4, -0.2) is 0 Å². The molecule has 0 bridgehead atoms. The van der Waals surface area contributed by atoms with Gasteiger partial charge in [-0.1, -0.05) is 135 Å². The van der Waals surface area contributed by atoms with E-state index in [4.69, 9.17) is 0 Å². The predicted molar refractivity (Wildman–Crippen MR) is 197 cm³/mol. The fraction of sp³-hybridized carbons (Fsp3) is 0.0667. The molecule has 0 fully saturated rings. The van der Waals surface area contributed by atoms with Crippen molar-refractivity contribution in [2.75, 3.05) is 4.90 Å². The van der Waals surface area contributed by atoms with E-state index in [1.165, 1.54) is 65.7 Å². The van der Waals surface area contributed by atoms with Gasteiger partial charge in [0.25, 0.3) is 0 Å². The Bertz CT molecular complexity index is 2430. The number of fused-ring (bicyclic) bond motifs is 8. The first-order chi connectivity index (χ1) is 22.6. The van der Waals surface area contributed by atoms with E-state index in [-0.39, 0.29) is 5.41 Å². The lowest BCUT2D eigenvalue weighted by Gasteiger charge is -2.27. The van der Waals surface area contributed by atoms with E-state index in [1.54, 1.807) is 0 Å². The Balaban J connectivity index is 1.11. The van der Waals surface area contributed by atoms with E-state index in [0.717, 1.165) is 17.1 Å². The minimum Gasteiger partial charge on any atom is -0.310 e. The SMILES string of the molecule is CC1(C)c2ccccc2-c2cc(N(c3ccccc3)c3ccc(-c4ccc5c(ccc6c7ccccc7ccc56)c4)cc3)ccc21. The van der Waals surface area contributed by atoms with Gasteiger partial charge in [0.2, 0.25) is 0 Å². The maximum Gasteiger partial charge on any atom is 0.0468 e. The summed E-state index contributed by atoms with van der Waals surface area (Å²) < 4.78 is 0. The topological polar surface area (TPSA) is 3.24 Å². The van der Waals surface area contributed by atoms with Crippen molar-refractivity contribution in [2.24, 2.45) is 0 Å². The number of hydrogen-bond acceptors (Lipinski definition) is 1. The molecule has 0 aromatic heterocycles. The van der Waals surface area contributed by atoms with Gasteiger partial charge in [-0.15, -0.1) is 0 Å². The Labute approximate surface area is 270 Å². The van der Waals surface area contributed by atoms with Crippen molar-refractivity contribution >= 4 is 49.4 Å². The molecular formula is C45H33N. The normalized spacial score (nSPS) is 13.2. The van der Waals surface area contributed by atoms with Gasteiger partial charge in [-0.05, 0) is 108 Å². The lowest BCUT2D eigenvalue weighted by Crippen LogP contribution is -2.15. The molecule has 218 valence electrons. The van der Waals surface area contributed by atoms with Crippen molar-refractivity contribution < 1.29 is 0 Å². The molecule has 0 aliphatic heterocycles. The first-order valence-electron chi connectivity index (χ1n) is 16.1. The van der Waals surface area contributed by atoms with Crippen LogP contribution in [0.5, 0.6) is 0 Å². The van der Waals surface area contributed by atoms with Crippen molar-refractivity contribution in [1.29, 1.82) is 0 Å². The monoisotopic (exact) mass is 587 g/mol.